The maximum absolute atomic E-state index is 5.90. The van der Waals surface area contributed by atoms with Gasteiger partial charge >= 0.3 is 0 Å². The van der Waals surface area contributed by atoms with Crippen LogP contribution in [0.2, 0.25) is 0 Å². The van der Waals surface area contributed by atoms with Crippen molar-refractivity contribution in [2.24, 2.45) is 5.92 Å². The molecule has 2 heterocycles. The molecule has 3 aliphatic rings. The van der Waals surface area contributed by atoms with Crippen LogP contribution in [-0.4, -0.2) is 49.3 Å². The molecule has 0 spiro atoms. The van der Waals surface area contributed by atoms with Gasteiger partial charge in [-0.15, -0.1) is 0 Å². The highest BCUT2D eigenvalue weighted by Crippen LogP contribution is 2.34. The van der Waals surface area contributed by atoms with Gasteiger partial charge in [-0.1, -0.05) is 6.92 Å². The second kappa shape index (κ2) is 5.25. The normalized spacial score (nSPS) is 35.1. The lowest BCUT2D eigenvalue weighted by Crippen LogP contribution is -2.49. The molecule has 0 aromatic carbocycles. The molecule has 2 aliphatic heterocycles. The zero-order valence-corrected chi connectivity index (χ0v) is 11.0. The maximum Gasteiger partial charge on any atom is 0.0707 e. The van der Waals surface area contributed by atoms with Crippen molar-refractivity contribution in [3.63, 3.8) is 0 Å². The van der Waals surface area contributed by atoms with Crippen molar-refractivity contribution >= 4 is 0 Å². The Kier molecular flexibility index (Phi) is 3.69. The minimum absolute atomic E-state index is 0.541. The summed E-state index contributed by atoms with van der Waals surface area (Å²) >= 11 is 0. The van der Waals surface area contributed by atoms with Gasteiger partial charge in [-0.3, -0.25) is 4.90 Å². The molecule has 3 unspecified atom stereocenters. The van der Waals surface area contributed by atoms with Crippen molar-refractivity contribution in [1.82, 2.24) is 10.2 Å². The van der Waals surface area contributed by atoms with Crippen LogP contribution in [0.5, 0.6) is 0 Å². The van der Waals surface area contributed by atoms with Gasteiger partial charge in [-0.2, -0.15) is 0 Å². The SMILES string of the molecule is CCCNC(CN1CC2CCC(C1)O2)C1CC1. The molecule has 1 saturated carbocycles. The van der Waals surface area contributed by atoms with E-state index in [2.05, 4.69) is 17.1 Å². The topological polar surface area (TPSA) is 24.5 Å². The molecule has 2 saturated heterocycles. The lowest BCUT2D eigenvalue weighted by Gasteiger charge is -2.35. The molecular formula is C14H26N2O. The predicted molar refractivity (Wildman–Crippen MR) is 69.1 cm³/mol. The van der Waals surface area contributed by atoms with Gasteiger partial charge in [0.15, 0.2) is 0 Å². The number of morpholine rings is 1. The first kappa shape index (κ1) is 11.9. The Bertz CT molecular complexity index is 243. The van der Waals surface area contributed by atoms with Crippen molar-refractivity contribution in [1.29, 1.82) is 0 Å². The molecule has 3 atom stereocenters. The first-order valence-corrected chi connectivity index (χ1v) is 7.46. The van der Waals surface area contributed by atoms with Crippen molar-refractivity contribution in [2.75, 3.05) is 26.2 Å². The lowest BCUT2D eigenvalue weighted by atomic mass is 10.1. The Labute approximate surface area is 105 Å². The van der Waals surface area contributed by atoms with E-state index in [1.165, 1.54) is 58.3 Å². The van der Waals surface area contributed by atoms with Crippen molar-refractivity contribution in [3.05, 3.63) is 0 Å². The monoisotopic (exact) mass is 238 g/mol. The fourth-order valence-corrected chi connectivity index (χ4v) is 3.34. The number of likely N-dealkylation sites (tertiary alicyclic amines) is 1. The van der Waals surface area contributed by atoms with Crippen LogP contribution in [0, 0.1) is 5.92 Å². The molecular weight excluding hydrogens is 212 g/mol. The molecule has 0 aromatic rings. The number of nitrogens with one attached hydrogen (secondary N) is 1. The van der Waals surface area contributed by atoms with E-state index in [1.807, 2.05) is 0 Å². The Morgan fingerprint density at radius 1 is 1.18 bits per heavy atom. The van der Waals surface area contributed by atoms with Crippen LogP contribution in [0.4, 0.5) is 0 Å². The third kappa shape index (κ3) is 3.01. The summed E-state index contributed by atoms with van der Waals surface area (Å²) in [4.78, 5) is 2.65. The summed E-state index contributed by atoms with van der Waals surface area (Å²) < 4.78 is 5.90. The molecule has 0 aromatic heterocycles. The Morgan fingerprint density at radius 3 is 2.47 bits per heavy atom. The number of nitrogens with zero attached hydrogens (tertiary/aromatic N) is 1. The number of ether oxygens (including phenoxy) is 1. The van der Waals surface area contributed by atoms with E-state index in [0.29, 0.717) is 12.2 Å². The first-order valence-electron chi connectivity index (χ1n) is 7.46. The van der Waals surface area contributed by atoms with E-state index in [1.54, 1.807) is 0 Å². The Hall–Kier alpha value is -0.120. The summed E-state index contributed by atoms with van der Waals surface area (Å²) in [5, 5.41) is 3.75. The summed E-state index contributed by atoms with van der Waals surface area (Å²) in [6.45, 7) is 7.03. The molecule has 3 rings (SSSR count). The van der Waals surface area contributed by atoms with Crippen molar-refractivity contribution < 1.29 is 4.74 Å². The molecule has 3 fully saturated rings. The lowest BCUT2D eigenvalue weighted by molar-refractivity contribution is -0.0412. The summed E-state index contributed by atoms with van der Waals surface area (Å²) in [7, 11) is 0. The average Bonchev–Trinajstić information content (AvgIpc) is 3.11. The van der Waals surface area contributed by atoms with E-state index in [-0.39, 0.29) is 0 Å². The van der Waals surface area contributed by atoms with Crippen LogP contribution < -0.4 is 5.32 Å². The standard InChI is InChI=1S/C14H26N2O/c1-2-7-15-14(11-3-4-11)10-16-8-12-5-6-13(9-16)17-12/h11-15H,2-10H2,1H3. The average molecular weight is 238 g/mol. The van der Waals surface area contributed by atoms with Gasteiger partial charge in [-0.25, -0.2) is 0 Å². The third-order valence-corrected chi connectivity index (χ3v) is 4.42. The van der Waals surface area contributed by atoms with Gasteiger partial charge in [0.25, 0.3) is 0 Å². The predicted octanol–water partition coefficient (Wildman–Crippen LogP) is 1.63. The van der Waals surface area contributed by atoms with Gasteiger partial charge < -0.3 is 10.1 Å². The van der Waals surface area contributed by atoms with Gasteiger partial charge in [0.2, 0.25) is 0 Å². The third-order valence-electron chi connectivity index (χ3n) is 4.42. The number of hydrogen-bond donors (Lipinski definition) is 1. The summed E-state index contributed by atoms with van der Waals surface area (Å²) in [5.74, 6) is 0.960. The van der Waals surface area contributed by atoms with Crippen molar-refractivity contribution in [3.8, 4) is 0 Å². The van der Waals surface area contributed by atoms with Crippen LogP contribution >= 0.6 is 0 Å². The highest BCUT2D eigenvalue weighted by Gasteiger charge is 2.37. The van der Waals surface area contributed by atoms with E-state index in [4.69, 9.17) is 4.74 Å². The molecule has 2 bridgehead atoms. The van der Waals surface area contributed by atoms with Gasteiger partial charge in [-0.05, 0) is 44.6 Å². The van der Waals surface area contributed by atoms with E-state index >= 15 is 0 Å². The largest absolute Gasteiger partial charge is 0.372 e. The maximum atomic E-state index is 5.90. The number of hydrogen-bond acceptors (Lipinski definition) is 3. The molecule has 0 amide bonds. The van der Waals surface area contributed by atoms with Crippen LogP contribution in [0.3, 0.4) is 0 Å². The van der Waals surface area contributed by atoms with Crippen LogP contribution in [0.1, 0.15) is 39.0 Å². The molecule has 3 heteroatoms. The Morgan fingerprint density at radius 2 is 1.88 bits per heavy atom. The number of rotatable bonds is 6. The fourth-order valence-electron chi connectivity index (χ4n) is 3.34. The quantitative estimate of drug-likeness (QED) is 0.761. The number of fused-ring (bicyclic) bond motifs is 2. The molecule has 1 N–H and O–H groups in total. The van der Waals surface area contributed by atoms with Crippen LogP contribution in [0.15, 0.2) is 0 Å². The molecule has 1 aliphatic carbocycles. The zero-order chi connectivity index (χ0) is 11.7. The van der Waals surface area contributed by atoms with Gasteiger partial charge in [0.1, 0.15) is 0 Å². The molecule has 98 valence electrons. The minimum atomic E-state index is 0.541. The molecule has 17 heavy (non-hydrogen) atoms. The van der Waals surface area contributed by atoms with Crippen LogP contribution in [-0.2, 0) is 4.74 Å². The van der Waals surface area contributed by atoms with Gasteiger partial charge in [0, 0.05) is 25.7 Å². The van der Waals surface area contributed by atoms with E-state index in [0.717, 1.165) is 12.0 Å². The van der Waals surface area contributed by atoms with Crippen molar-refractivity contribution in [2.45, 2.75) is 57.3 Å². The second-order valence-electron chi connectivity index (χ2n) is 6.07. The van der Waals surface area contributed by atoms with E-state index in [9.17, 15) is 0 Å². The Balaban J connectivity index is 1.50. The van der Waals surface area contributed by atoms with E-state index < -0.39 is 0 Å². The summed E-state index contributed by atoms with van der Waals surface area (Å²) in [5.41, 5.74) is 0. The summed E-state index contributed by atoms with van der Waals surface area (Å²) in [6, 6.07) is 0.743. The molecule has 3 nitrogen and oxygen atoms in total. The smallest absolute Gasteiger partial charge is 0.0707 e. The summed E-state index contributed by atoms with van der Waals surface area (Å²) in [6.07, 6.45) is 7.80. The first-order chi connectivity index (χ1) is 8.35. The fraction of sp³-hybridized carbons (Fsp3) is 1.00. The second-order valence-corrected chi connectivity index (χ2v) is 6.07. The minimum Gasteiger partial charge on any atom is -0.372 e. The zero-order valence-electron chi connectivity index (χ0n) is 11.0. The highest BCUT2D eigenvalue weighted by molar-refractivity contribution is 4.92. The van der Waals surface area contributed by atoms with Gasteiger partial charge in [0.05, 0.1) is 12.2 Å². The van der Waals surface area contributed by atoms with Crippen LogP contribution in [0.25, 0.3) is 0 Å². The highest BCUT2D eigenvalue weighted by atomic mass is 16.5. The molecule has 0 radical (unpaired) electrons.